The Hall–Kier alpha value is -1.49. The maximum atomic E-state index is 12.2. The van der Waals surface area contributed by atoms with Gasteiger partial charge >= 0.3 is 5.97 Å². The molecule has 1 rings (SSSR count). The van der Waals surface area contributed by atoms with Crippen molar-refractivity contribution in [1.29, 1.82) is 0 Å². The standard InChI is InChI=1S/C13H19ClN2O3/c1-4-6-16-9-10(14)8-11(16)13(18)15(2)7-5-12(17)19-3/h8-9H,4-7H2,1-3H3. The van der Waals surface area contributed by atoms with E-state index in [0.29, 0.717) is 17.3 Å². The van der Waals surface area contributed by atoms with E-state index < -0.39 is 0 Å². The summed E-state index contributed by atoms with van der Waals surface area (Å²) in [4.78, 5) is 24.8. The van der Waals surface area contributed by atoms with Crippen LogP contribution in [-0.4, -0.2) is 42.0 Å². The Labute approximate surface area is 118 Å². The number of esters is 1. The summed E-state index contributed by atoms with van der Waals surface area (Å²) in [6.07, 6.45) is 2.84. The summed E-state index contributed by atoms with van der Waals surface area (Å²) < 4.78 is 6.38. The quantitative estimate of drug-likeness (QED) is 0.753. The molecule has 1 amide bonds. The van der Waals surface area contributed by atoms with E-state index in [4.69, 9.17) is 11.6 Å². The normalized spacial score (nSPS) is 10.3. The fourth-order valence-corrected chi connectivity index (χ4v) is 1.96. The molecule has 0 fully saturated rings. The minimum absolute atomic E-state index is 0.149. The van der Waals surface area contributed by atoms with Gasteiger partial charge in [0.2, 0.25) is 0 Å². The number of carbonyl (C=O) groups is 2. The minimum atomic E-state index is -0.332. The van der Waals surface area contributed by atoms with Gasteiger partial charge in [0.1, 0.15) is 5.69 Å². The molecule has 5 nitrogen and oxygen atoms in total. The number of aromatic nitrogens is 1. The molecule has 0 aliphatic carbocycles. The van der Waals surface area contributed by atoms with E-state index in [-0.39, 0.29) is 18.3 Å². The molecule has 0 atom stereocenters. The third-order valence-corrected chi connectivity index (χ3v) is 2.98. The highest BCUT2D eigenvalue weighted by Gasteiger charge is 2.17. The molecule has 0 unspecified atom stereocenters. The minimum Gasteiger partial charge on any atom is -0.469 e. The predicted molar refractivity (Wildman–Crippen MR) is 73.3 cm³/mol. The van der Waals surface area contributed by atoms with Crippen molar-refractivity contribution >= 4 is 23.5 Å². The zero-order chi connectivity index (χ0) is 14.4. The third kappa shape index (κ3) is 4.28. The number of methoxy groups -OCH3 is 1. The summed E-state index contributed by atoms with van der Waals surface area (Å²) in [5, 5.41) is 0.540. The fourth-order valence-electron chi connectivity index (χ4n) is 1.74. The number of aryl methyl sites for hydroxylation is 1. The van der Waals surface area contributed by atoms with Crippen LogP contribution in [0.3, 0.4) is 0 Å². The summed E-state index contributed by atoms with van der Waals surface area (Å²) >= 11 is 5.93. The molecular weight excluding hydrogens is 268 g/mol. The van der Waals surface area contributed by atoms with E-state index in [9.17, 15) is 9.59 Å². The number of nitrogens with zero attached hydrogens (tertiary/aromatic N) is 2. The number of halogens is 1. The van der Waals surface area contributed by atoms with Crippen molar-refractivity contribution in [2.75, 3.05) is 20.7 Å². The molecule has 1 heterocycles. The summed E-state index contributed by atoms with van der Waals surface area (Å²) in [5.74, 6) is -0.481. The Morgan fingerprint density at radius 3 is 2.74 bits per heavy atom. The molecule has 0 aliphatic heterocycles. The fraction of sp³-hybridized carbons (Fsp3) is 0.538. The molecule has 1 aromatic heterocycles. The molecule has 0 radical (unpaired) electrons. The van der Waals surface area contributed by atoms with Crippen molar-refractivity contribution in [2.45, 2.75) is 26.3 Å². The van der Waals surface area contributed by atoms with Crippen molar-refractivity contribution in [1.82, 2.24) is 9.47 Å². The van der Waals surface area contributed by atoms with Gasteiger partial charge in [0.15, 0.2) is 0 Å². The van der Waals surface area contributed by atoms with Crippen LogP contribution in [0.4, 0.5) is 0 Å². The Morgan fingerprint density at radius 2 is 2.16 bits per heavy atom. The molecule has 19 heavy (non-hydrogen) atoms. The van der Waals surface area contributed by atoms with Gasteiger partial charge in [-0.25, -0.2) is 0 Å². The highest BCUT2D eigenvalue weighted by Crippen LogP contribution is 2.16. The monoisotopic (exact) mass is 286 g/mol. The summed E-state index contributed by atoms with van der Waals surface area (Å²) in [7, 11) is 2.98. The first-order valence-electron chi connectivity index (χ1n) is 6.17. The highest BCUT2D eigenvalue weighted by atomic mass is 35.5. The lowest BCUT2D eigenvalue weighted by molar-refractivity contribution is -0.140. The first kappa shape index (κ1) is 15.6. The second-order valence-electron chi connectivity index (χ2n) is 4.29. The van der Waals surface area contributed by atoms with E-state index in [1.165, 1.54) is 12.0 Å². The lowest BCUT2D eigenvalue weighted by Crippen LogP contribution is -2.30. The average Bonchev–Trinajstić information content (AvgIpc) is 2.76. The Kier molecular flexibility index (Phi) is 5.89. The molecule has 0 saturated carbocycles. The van der Waals surface area contributed by atoms with Gasteiger partial charge in [0.05, 0.1) is 18.6 Å². The van der Waals surface area contributed by atoms with Gasteiger partial charge in [-0.15, -0.1) is 0 Å². The van der Waals surface area contributed by atoms with Gasteiger partial charge < -0.3 is 14.2 Å². The molecule has 1 aromatic rings. The van der Waals surface area contributed by atoms with E-state index in [0.717, 1.165) is 13.0 Å². The van der Waals surface area contributed by atoms with Crippen LogP contribution >= 0.6 is 11.6 Å². The second kappa shape index (κ2) is 7.19. The molecule has 0 aliphatic rings. The van der Waals surface area contributed by atoms with E-state index in [2.05, 4.69) is 4.74 Å². The third-order valence-electron chi connectivity index (χ3n) is 2.77. The number of hydrogen-bond acceptors (Lipinski definition) is 3. The molecule has 0 aromatic carbocycles. The van der Waals surface area contributed by atoms with E-state index in [1.807, 2.05) is 11.5 Å². The molecular formula is C13H19ClN2O3. The second-order valence-corrected chi connectivity index (χ2v) is 4.73. The first-order chi connectivity index (χ1) is 8.99. The molecule has 0 N–H and O–H groups in total. The largest absolute Gasteiger partial charge is 0.469 e. The highest BCUT2D eigenvalue weighted by molar-refractivity contribution is 6.31. The van der Waals surface area contributed by atoms with Gasteiger partial charge in [-0.05, 0) is 12.5 Å². The number of hydrogen-bond donors (Lipinski definition) is 0. The first-order valence-corrected chi connectivity index (χ1v) is 6.55. The maximum Gasteiger partial charge on any atom is 0.307 e. The topological polar surface area (TPSA) is 51.5 Å². The number of ether oxygens (including phenoxy) is 1. The van der Waals surface area contributed by atoms with Gasteiger partial charge in [-0.3, -0.25) is 9.59 Å². The van der Waals surface area contributed by atoms with E-state index in [1.54, 1.807) is 19.3 Å². The zero-order valence-corrected chi connectivity index (χ0v) is 12.2. The molecule has 0 bridgehead atoms. The Morgan fingerprint density at radius 1 is 1.47 bits per heavy atom. The molecule has 0 spiro atoms. The average molecular weight is 287 g/mol. The van der Waals surface area contributed by atoms with Crippen molar-refractivity contribution in [2.24, 2.45) is 0 Å². The van der Waals surface area contributed by atoms with Crippen molar-refractivity contribution in [3.63, 3.8) is 0 Å². The molecule has 0 saturated heterocycles. The van der Waals surface area contributed by atoms with Gasteiger partial charge in [0, 0.05) is 26.3 Å². The van der Waals surface area contributed by atoms with Crippen LogP contribution in [0.1, 0.15) is 30.3 Å². The van der Waals surface area contributed by atoms with Crippen LogP contribution in [0, 0.1) is 0 Å². The molecule has 106 valence electrons. The lowest BCUT2D eigenvalue weighted by atomic mass is 10.3. The number of rotatable bonds is 6. The smallest absolute Gasteiger partial charge is 0.307 e. The van der Waals surface area contributed by atoms with Crippen molar-refractivity contribution in [3.8, 4) is 0 Å². The summed E-state index contributed by atoms with van der Waals surface area (Å²) in [6, 6.07) is 1.65. The van der Waals surface area contributed by atoms with Gasteiger partial charge in [-0.2, -0.15) is 0 Å². The number of amides is 1. The predicted octanol–water partition coefficient (Wildman–Crippen LogP) is 2.19. The van der Waals surface area contributed by atoms with Crippen LogP contribution in [-0.2, 0) is 16.1 Å². The summed E-state index contributed by atoms with van der Waals surface area (Å²) in [5.41, 5.74) is 0.541. The maximum absolute atomic E-state index is 12.2. The van der Waals surface area contributed by atoms with Crippen molar-refractivity contribution in [3.05, 3.63) is 23.0 Å². The Bertz CT molecular complexity index is 457. The van der Waals surface area contributed by atoms with Gasteiger partial charge in [-0.1, -0.05) is 18.5 Å². The lowest BCUT2D eigenvalue weighted by Gasteiger charge is -2.17. The van der Waals surface area contributed by atoms with Gasteiger partial charge in [0.25, 0.3) is 5.91 Å². The van der Waals surface area contributed by atoms with Crippen molar-refractivity contribution < 1.29 is 14.3 Å². The van der Waals surface area contributed by atoms with Crippen LogP contribution in [0.2, 0.25) is 5.02 Å². The molecule has 6 heteroatoms. The number of carbonyl (C=O) groups excluding carboxylic acids is 2. The summed E-state index contributed by atoms with van der Waals surface area (Å²) in [6.45, 7) is 3.09. The van der Waals surface area contributed by atoms with Crippen LogP contribution in [0.25, 0.3) is 0 Å². The van der Waals surface area contributed by atoms with Crippen LogP contribution in [0.15, 0.2) is 12.3 Å². The zero-order valence-electron chi connectivity index (χ0n) is 11.5. The Balaban J connectivity index is 2.73. The van der Waals surface area contributed by atoms with Crippen LogP contribution < -0.4 is 0 Å². The van der Waals surface area contributed by atoms with E-state index >= 15 is 0 Å². The SMILES string of the molecule is CCCn1cc(Cl)cc1C(=O)N(C)CCC(=O)OC. The van der Waals surface area contributed by atoms with Crippen LogP contribution in [0.5, 0.6) is 0 Å².